The lowest BCUT2D eigenvalue weighted by molar-refractivity contribution is 0.0519. The topological polar surface area (TPSA) is 82.5 Å². The van der Waals surface area contributed by atoms with E-state index in [9.17, 15) is 4.79 Å². The number of nitrogens with zero attached hydrogens (tertiary/aromatic N) is 3. The summed E-state index contributed by atoms with van der Waals surface area (Å²) < 4.78 is 6.47. The molecular weight excluding hydrogens is 208 g/mol. The minimum atomic E-state index is -0.463. The van der Waals surface area contributed by atoms with Crippen LogP contribution in [0.4, 0.5) is 5.82 Å². The maximum Gasteiger partial charge on any atom is 0.358 e. The number of hydrogen-bond acceptors (Lipinski definition) is 5. The lowest BCUT2D eigenvalue weighted by Gasteiger charge is -2.02. The summed E-state index contributed by atoms with van der Waals surface area (Å²) in [7, 11) is 0. The summed E-state index contributed by atoms with van der Waals surface area (Å²) in [6, 6.07) is 0. The third-order valence-electron chi connectivity index (χ3n) is 2.21. The highest BCUT2D eigenvalue weighted by Gasteiger charge is 2.12. The first-order chi connectivity index (χ1) is 7.63. The van der Waals surface area contributed by atoms with Crippen molar-refractivity contribution in [2.24, 2.45) is 0 Å². The normalized spacial score (nSPS) is 10.6. The SMILES string of the molecule is CCOC(=O)c1cn2c(N)c(C)nc2cn1. The molecule has 0 fully saturated rings. The quantitative estimate of drug-likeness (QED) is 0.757. The number of aromatic nitrogens is 3. The molecule has 0 bridgehead atoms. The highest BCUT2D eigenvalue weighted by Crippen LogP contribution is 2.13. The van der Waals surface area contributed by atoms with Crippen molar-refractivity contribution < 1.29 is 9.53 Å². The first kappa shape index (κ1) is 10.4. The Bertz CT molecular complexity index is 547. The average Bonchev–Trinajstić information content (AvgIpc) is 2.55. The number of carbonyl (C=O) groups excluding carboxylic acids is 1. The van der Waals surface area contributed by atoms with Gasteiger partial charge in [0.2, 0.25) is 0 Å². The van der Waals surface area contributed by atoms with Gasteiger partial charge in [0.15, 0.2) is 11.3 Å². The van der Waals surface area contributed by atoms with Gasteiger partial charge in [-0.2, -0.15) is 0 Å². The fraction of sp³-hybridized carbons (Fsp3) is 0.300. The number of fused-ring (bicyclic) bond motifs is 1. The molecular formula is C10H12N4O2. The predicted octanol–water partition coefficient (Wildman–Crippen LogP) is 0.797. The highest BCUT2D eigenvalue weighted by molar-refractivity contribution is 5.87. The molecule has 0 unspecified atom stereocenters. The van der Waals surface area contributed by atoms with E-state index in [-0.39, 0.29) is 5.69 Å². The molecule has 0 radical (unpaired) electrons. The van der Waals surface area contributed by atoms with Crippen LogP contribution in [-0.2, 0) is 4.74 Å². The number of anilines is 1. The highest BCUT2D eigenvalue weighted by atomic mass is 16.5. The number of nitrogen functional groups attached to an aromatic ring is 1. The summed E-state index contributed by atoms with van der Waals surface area (Å²) in [5, 5.41) is 0. The van der Waals surface area contributed by atoms with E-state index in [2.05, 4.69) is 9.97 Å². The summed E-state index contributed by atoms with van der Waals surface area (Å²) in [5.41, 5.74) is 7.35. The van der Waals surface area contributed by atoms with Crippen LogP contribution in [0.25, 0.3) is 5.65 Å². The predicted molar refractivity (Wildman–Crippen MR) is 58.1 cm³/mol. The standard InChI is InChI=1S/C10H12N4O2/c1-3-16-10(15)7-5-14-8(4-12-7)13-6(2)9(14)11/h4-5H,3,11H2,1-2H3. The molecule has 16 heavy (non-hydrogen) atoms. The minimum absolute atomic E-state index is 0.221. The van der Waals surface area contributed by atoms with E-state index in [0.29, 0.717) is 23.8 Å². The van der Waals surface area contributed by atoms with Crippen LogP contribution in [0.3, 0.4) is 0 Å². The Morgan fingerprint density at radius 1 is 1.62 bits per heavy atom. The Kier molecular flexibility index (Phi) is 2.47. The smallest absolute Gasteiger partial charge is 0.358 e. The first-order valence-electron chi connectivity index (χ1n) is 4.90. The number of hydrogen-bond donors (Lipinski definition) is 1. The van der Waals surface area contributed by atoms with Gasteiger partial charge in [-0.3, -0.25) is 4.40 Å². The van der Waals surface area contributed by atoms with E-state index >= 15 is 0 Å². The second kappa shape index (κ2) is 3.80. The Labute approximate surface area is 92.1 Å². The van der Waals surface area contributed by atoms with Gasteiger partial charge in [0.05, 0.1) is 18.5 Å². The molecule has 2 N–H and O–H groups in total. The fourth-order valence-electron chi connectivity index (χ4n) is 1.40. The molecule has 0 saturated carbocycles. The summed E-state index contributed by atoms with van der Waals surface area (Å²) >= 11 is 0. The molecule has 0 aliphatic carbocycles. The molecule has 0 spiro atoms. The van der Waals surface area contributed by atoms with Crippen molar-refractivity contribution in [2.75, 3.05) is 12.3 Å². The molecule has 0 aromatic carbocycles. The van der Waals surface area contributed by atoms with E-state index < -0.39 is 5.97 Å². The van der Waals surface area contributed by atoms with Crippen LogP contribution in [-0.4, -0.2) is 26.9 Å². The zero-order valence-electron chi connectivity index (χ0n) is 9.10. The summed E-state index contributed by atoms with van der Waals surface area (Å²) in [4.78, 5) is 19.6. The van der Waals surface area contributed by atoms with Crippen molar-refractivity contribution in [1.29, 1.82) is 0 Å². The third kappa shape index (κ3) is 1.58. The van der Waals surface area contributed by atoms with Gasteiger partial charge in [-0.25, -0.2) is 14.8 Å². The molecule has 84 valence electrons. The van der Waals surface area contributed by atoms with Crippen molar-refractivity contribution >= 4 is 17.4 Å². The number of aryl methyl sites for hydroxylation is 1. The molecule has 0 atom stereocenters. The van der Waals surface area contributed by atoms with Crippen molar-refractivity contribution in [3.8, 4) is 0 Å². The maximum absolute atomic E-state index is 11.4. The van der Waals surface area contributed by atoms with Crippen LogP contribution in [0.2, 0.25) is 0 Å². The van der Waals surface area contributed by atoms with E-state index in [0.717, 1.165) is 0 Å². The fourth-order valence-corrected chi connectivity index (χ4v) is 1.40. The van der Waals surface area contributed by atoms with E-state index in [4.69, 9.17) is 10.5 Å². The van der Waals surface area contributed by atoms with Crippen LogP contribution in [0.5, 0.6) is 0 Å². The van der Waals surface area contributed by atoms with E-state index in [1.54, 1.807) is 18.2 Å². The lowest BCUT2D eigenvalue weighted by atomic mass is 10.4. The molecule has 2 rings (SSSR count). The molecule has 0 aliphatic rings. The van der Waals surface area contributed by atoms with Crippen molar-refractivity contribution in [2.45, 2.75) is 13.8 Å². The first-order valence-corrected chi connectivity index (χ1v) is 4.90. The summed E-state index contributed by atoms with van der Waals surface area (Å²) in [6.45, 7) is 3.86. The van der Waals surface area contributed by atoms with Crippen LogP contribution in [0.15, 0.2) is 12.4 Å². The van der Waals surface area contributed by atoms with E-state index in [1.807, 2.05) is 0 Å². The molecule has 2 aromatic rings. The second-order valence-electron chi connectivity index (χ2n) is 3.30. The minimum Gasteiger partial charge on any atom is -0.461 e. The van der Waals surface area contributed by atoms with Gasteiger partial charge >= 0.3 is 5.97 Å². The Hall–Kier alpha value is -2.11. The Morgan fingerprint density at radius 3 is 3.06 bits per heavy atom. The van der Waals surface area contributed by atoms with Gasteiger partial charge in [0.1, 0.15) is 5.82 Å². The van der Waals surface area contributed by atoms with Crippen molar-refractivity contribution in [1.82, 2.24) is 14.4 Å². The number of esters is 1. The largest absolute Gasteiger partial charge is 0.461 e. The van der Waals surface area contributed by atoms with Crippen LogP contribution < -0.4 is 5.73 Å². The van der Waals surface area contributed by atoms with E-state index in [1.165, 1.54) is 12.4 Å². The summed E-state index contributed by atoms with van der Waals surface area (Å²) in [6.07, 6.45) is 3.03. The molecule has 0 saturated heterocycles. The van der Waals surface area contributed by atoms with Crippen molar-refractivity contribution in [3.05, 3.63) is 23.8 Å². The molecule has 6 heteroatoms. The second-order valence-corrected chi connectivity index (χ2v) is 3.30. The lowest BCUT2D eigenvalue weighted by Crippen LogP contribution is -2.08. The molecule has 2 aromatic heterocycles. The Morgan fingerprint density at radius 2 is 2.38 bits per heavy atom. The number of ether oxygens (including phenoxy) is 1. The molecule has 0 aliphatic heterocycles. The van der Waals surface area contributed by atoms with Crippen LogP contribution in [0, 0.1) is 6.92 Å². The monoisotopic (exact) mass is 220 g/mol. The molecule has 0 amide bonds. The van der Waals surface area contributed by atoms with Gasteiger partial charge in [-0.05, 0) is 13.8 Å². The molecule has 2 heterocycles. The number of rotatable bonds is 2. The zero-order valence-corrected chi connectivity index (χ0v) is 9.10. The number of carbonyl (C=O) groups is 1. The zero-order chi connectivity index (χ0) is 11.7. The van der Waals surface area contributed by atoms with Gasteiger partial charge in [0, 0.05) is 6.20 Å². The van der Waals surface area contributed by atoms with Crippen LogP contribution in [0.1, 0.15) is 23.1 Å². The van der Waals surface area contributed by atoms with Gasteiger partial charge < -0.3 is 10.5 Å². The third-order valence-corrected chi connectivity index (χ3v) is 2.21. The average molecular weight is 220 g/mol. The number of imidazole rings is 1. The maximum atomic E-state index is 11.4. The van der Waals surface area contributed by atoms with Gasteiger partial charge in [-0.1, -0.05) is 0 Å². The number of nitrogens with two attached hydrogens (primary N) is 1. The molecule has 6 nitrogen and oxygen atoms in total. The van der Waals surface area contributed by atoms with Crippen LogP contribution >= 0.6 is 0 Å². The van der Waals surface area contributed by atoms with Gasteiger partial charge in [0.25, 0.3) is 0 Å². The Balaban J connectivity index is 2.50. The van der Waals surface area contributed by atoms with Crippen molar-refractivity contribution in [3.63, 3.8) is 0 Å². The van der Waals surface area contributed by atoms with Gasteiger partial charge in [-0.15, -0.1) is 0 Å². The summed E-state index contributed by atoms with van der Waals surface area (Å²) in [5.74, 6) is 0.0399.